The molecule has 0 aliphatic carbocycles. The van der Waals surface area contributed by atoms with Crippen LogP contribution in [0.1, 0.15) is 49.7 Å². The van der Waals surface area contributed by atoms with Gasteiger partial charge in [0.2, 0.25) is 5.91 Å². The summed E-state index contributed by atoms with van der Waals surface area (Å²) in [6.45, 7) is 5.57. The minimum Gasteiger partial charge on any atom is -0.356 e. The summed E-state index contributed by atoms with van der Waals surface area (Å²) in [4.78, 5) is 16.2. The standard InChI is InChI=1S/C15H27N3OS/c1-3-4-13(7-9-16)5-6-14(19)17-10-8-15-18-12(2)11-20-15/h11,13H,3-10,16H2,1-2H3,(H,17,19). The number of nitrogens with one attached hydrogen (secondary N) is 1. The van der Waals surface area contributed by atoms with Gasteiger partial charge < -0.3 is 11.1 Å². The maximum Gasteiger partial charge on any atom is 0.220 e. The highest BCUT2D eigenvalue weighted by Crippen LogP contribution is 2.16. The molecule has 1 unspecified atom stereocenters. The molecule has 1 amide bonds. The molecule has 1 atom stereocenters. The van der Waals surface area contributed by atoms with Crippen molar-refractivity contribution >= 4 is 17.2 Å². The molecule has 20 heavy (non-hydrogen) atoms. The second-order valence-corrected chi connectivity index (χ2v) is 6.20. The molecule has 0 aliphatic rings. The summed E-state index contributed by atoms with van der Waals surface area (Å²) in [5.41, 5.74) is 6.66. The molecule has 1 aromatic heterocycles. The van der Waals surface area contributed by atoms with Crippen LogP contribution in [0.25, 0.3) is 0 Å². The van der Waals surface area contributed by atoms with Gasteiger partial charge in [-0.3, -0.25) is 4.79 Å². The third-order valence-corrected chi connectivity index (χ3v) is 4.41. The highest BCUT2D eigenvalue weighted by Gasteiger charge is 2.10. The Bertz CT molecular complexity index is 386. The maximum atomic E-state index is 11.8. The Hall–Kier alpha value is -0.940. The van der Waals surface area contributed by atoms with Crippen LogP contribution >= 0.6 is 11.3 Å². The molecule has 114 valence electrons. The fraction of sp³-hybridized carbons (Fsp3) is 0.733. The Morgan fingerprint density at radius 3 is 2.85 bits per heavy atom. The molecular formula is C15H27N3OS. The number of aryl methyl sites for hydroxylation is 1. The molecule has 1 rings (SSSR count). The molecule has 1 aromatic rings. The van der Waals surface area contributed by atoms with E-state index in [0.717, 1.165) is 42.9 Å². The van der Waals surface area contributed by atoms with Gasteiger partial charge in [0.1, 0.15) is 0 Å². The molecule has 0 spiro atoms. The van der Waals surface area contributed by atoms with Gasteiger partial charge in [-0.25, -0.2) is 4.98 Å². The number of hydrogen-bond acceptors (Lipinski definition) is 4. The van der Waals surface area contributed by atoms with Gasteiger partial charge in [0.05, 0.1) is 5.01 Å². The highest BCUT2D eigenvalue weighted by atomic mass is 32.1. The summed E-state index contributed by atoms with van der Waals surface area (Å²) in [6, 6.07) is 0. The van der Waals surface area contributed by atoms with Gasteiger partial charge in [0.25, 0.3) is 0 Å². The van der Waals surface area contributed by atoms with Crippen molar-refractivity contribution < 1.29 is 4.79 Å². The molecule has 0 bridgehead atoms. The van der Waals surface area contributed by atoms with E-state index in [9.17, 15) is 4.79 Å². The van der Waals surface area contributed by atoms with Gasteiger partial charge in [-0.1, -0.05) is 19.8 Å². The maximum absolute atomic E-state index is 11.8. The smallest absolute Gasteiger partial charge is 0.220 e. The van der Waals surface area contributed by atoms with Gasteiger partial charge in [-0.05, 0) is 32.2 Å². The molecule has 0 radical (unpaired) electrons. The first-order valence-corrected chi connectivity index (χ1v) is 8.41. The second kappa shape index (κ2) is 9.88. The van der Waals surface area contributed by atoms with Crippen LogP contribution in [-0.2, 0) is 11.2 Å². The fourth-order valence-electron chi connectivity index (χ4n) is 2.33. The first-order chi connectivity index (χ1) is 9.65. The van der Waals surface area contributed by atoms with Crippen molar-refractivity contribution in [2.24, 2.45) is 11.7 Å². The van der Waals surface area contributed by atoms with E-state index in [0.29, 0.717) is 18.9 Å². The number of nitrogens with zero attached hydrogens (tertiary/aromatic N) is 1. The molecular weight excluding hydrogens is 270 g/mol. The van der Waals surface area contributed by atoms with Crippen molar-refractivity contribution in [2.75, 3.05) is 13.1 Å². The fourth-order valence-corrected chi connectivity index (χ4v) is 3.10. The minimum absolute atomic E-state index is 0.149. The third-order valence-electron chi connectivity index (χ3n) is 3.38. The number of carbonyl (C=O) groups is 1. The normalized spacial score (nSPS) is 12.3. The molecule has 0 fully saturated rings. The molecule has 0 aromatic carbocycles. The summed E-state index contributed by atoms with van der Waals surface area (Å²) in [6.07, 6.45) is 5.75. The summed E-state index contributed by atoms with van der Waals surface area (Å²) < 4.78 is 0. The largest absolute Gasteiger partial charge is 0.356 e. The first kappa shape index (κ1) is 17.1. The van der Waals surface area contributed by atoms with Crippen LogP contribution in [0.2, 0.25) is 0 Å². The minimum atomic E-state index is 0.149. The Balaban J connectivity index is 2.16. The Morgan fingerprint density at radius 2 is 2.25 bits per heavy atom. The summed E-state index contributed by atoms with van der Waals surface area (Å²) >= 11 is 1.66. The van der Waals surface area contributed by atoms with Gasteiger partial charge >= 0.3 is 0 Å². The van der Waals surface area contributed by atoms with Crippen molar-refractivity contribution in [1.82, 2.24) is 10.3 Å². The number of rotatable bonds is 10. The molecule has 5 heteroatoms. The topological polar surface area (TPSA) is 68.0 Å². The van der Waals surface area contributed by atoms with E-state index in [2.05, 4.69) is 17.2 Å². The zero-order valence-electron chi connectivity index (χ0n) is 12.7. The Morgan fingerprint density at radius 1 is 1.45 bits per heavy atom. The lowest BCUT2D eigenvalue weighted by atomic mass is 9.94. The van der Waals surface area contributed by atoms with Crippen LogP contribution in [0.4, 0.5) is 0 Å². The molecule has 0 saturated heterocycles. The van der Waals surface area contributed by atoms with Crippen LogP contribution < -0.4 is 11.1 Å². The van der Waals surface area contributed by atoms with E-state index in [-0.39, 0.29) is 5.91 Å². The quantitative estimate of drug-likeness (QED) is 0.697. The number of carbonyl (C=O) groups excluding carboxylic acids is 1. The average Bonchev–Trinajstić information content (AvgIpc) is 2.82. The number of hydrogen-bond donors (Lipinski definition) is 2. The van der Waals surface area contributed by atoms with Crippen LogP contribution in [0.15, 0.2) is 5.38 Å². The van der Waals surface area contributed by atoms with Crippen molar-refractivity contribution in [3.05, 3.63) is 16.1 Å². The lowest BCUT2D eigenvalue weighted by Crippen LogP contribution is -2.26. The van der Waals surface area contributed by atoms with E-state index in [4.69, 9.17) is 5.73 Å². The van der Waals surface area contributed by atoms with E-state index in [1.54, 1.807) is 11.3 Å². The highest BCUT2D eigenvalue weighted by molar-refractivity contribution is 7.09. The predicted octanol–water partition coefficient (Wildman–Crippen LogP) is 2.66. The van der Waals surface area contributed by atoms with Gasteiger partial charge in [0, 0.05) is 30.5 Å². The SMILES string of the molecule is CCCC(CCN)CCC(=O)NCCc1nc(C)cs1. The van der Waals surface area contributed by atoms with E-state index in [1.807, 2.05) is 12.3 Å². The number of amides is 1. The summed E-state index contributed by atoms with van der Waals surface area (Å²) in [5.74, 6) is 0.744. The van der Waals surface area contributed by atoms with Crippen molar-refractivity contribution in [3.8, 4) is 0 Å². The third kappa shape index (κ3) is 7.01. The number of thiazole rings is 1. The van der Waals surface area contributed by atoms with E-state index < -0.39 is 0 Å². The average molecular weight is 297 g/mol. The van der Waals surface area contributed by atoms with E-state index >= 15 is 0 Å². The molecule has 1 heterocycles. The van der Waals surface area contributed by atoms with Gasteiger partial charge in [0.15, 0.2) is 0 Å². The molecule has 3 N–H and O–H groups in total. The first-order valence-electron chi connectivity index (χ1n) is 7.53. The van der Waals surface area contributed by atoms with Crippen LogP contribution in [0.5, 0.6) is 0 Å². The van der Waals surface area contributed by atoms with Crippen molar-refractivity contribution in [2.45, 2.75) is 52.4 Å². The Kier molecular flexibility index (Phi) is 8.46. The van der Waals surface area contributed by atoms with Crippen LogP contribution in [-0.4, -0.2) is 24.0 Å². The summed E-state index contributed by atoms with van der Waals surface area (Å²) in [7, 11) is 0. The predicted molar refractivity (Wildman–Crippen MR) is 84.9 cm³/mol. The molecule has 0 saturated carbocycles. The van der Waals surface area contributed by atoms with Crippen molar-refractivity contribution in [3.63, 3.8) is 0 Å². The van der Waals surface area contributed by atoms with Gasteiger partial charge in [-0.2, -0.15) is 0 Å². The Labute approximate surface area is 126 Å². The number of aromatic nitrogens is 1. The lowest BCUT2D eigenvalue weighted by molar-refractivity contribution is -0.121. The van der Waals surface area contributed by atoms with Crippen molar-refractivity contribution in [1.29, 1.82) is 0 Å². The monoisotopic (exact) mass is 297 g/mol. The number of nitrogens with two attached hydrogens (primary N) is 1. The van der Waals surface area contributed by atoms with E-state index in [1.165, 1.54) is 6.42 Å². The lowest BCUT2D eigenvalue weighted by Gasteiger charge is -2.14. The summed E-state index contributed by atoms with van der Waals surface area (Å²) in [5, 5.41) is 6.11. The zero-order chi connectivity index (χ0) is 14.8. The van der Waals surface area contributed by atoms with Gasteiger partial charge in [-0.15, -0.1) is 11.3 Å². The zero-order valence-corrected chi connectivity index (χ0v) is 13.5. The van der Waals surface area contributed by atoms with Crippen LogP contribution in [0, 0.1) is 12.8 Å². The molecule has 0 aliphatic heterocycles. The molecule has 4 nitrogen and oxygen atoms in total. The second-order valence-electron chi connectivity index (χ2n) is 5.25. The van der Waals surface area contributed by atoms with Crippen LogP contribution in [0.3, 0.4) is 0 Å².